The maximum atomic E-state index is 10.3. The fourth-order valence-corrected chi connectivity index (χ4v) is 1.53. The topological polar surface area (TPSA) is 110 Å². The summed E-state index contributed by atoms with van der Waals surface area (Å²) in [6.07, 6.45) is -0.680. The van der Waals surface area contributed by atoms with E-state index in [0.717, 1.165) is 5.56 Å². The molecule has 96 valence electrons. The van der Waals surface area contributed by atoms with Crippen molar-refractivity contribution in [3.05, 3.63) is 28.8 Å². The molecule has 0 unspecified atom stereocenters. The van der Waals surface area contributed by atoms with Crippen molar-refractivity contribution >= 4 is 6.09 Å². The van der Waals surface area contributed by atoms with Crippen molar-refractivity contribution < 1.29 is 25.2 Å². The van der Waals surface area contributed by atoms with E-state index in [1.165, 1.54) is 0 Å². The molecular weight excluding hydrogens is 493 g/mol. The Morgan fingerprint density at radius 3 is 2.06 bits per heavy atom. The SMILES string of the molecule is O=C(O)NCCc1cc(CO)c(O)c(CO)c1.[Rf]. The average molecular weight is 508 g/mol. The average Bonchev–Trinajstić information content (AvgIpc) is 2.30. The molecule has 1 amide bonds. The van der Waals surface area contributed by atoms with Gasteiger partial charge in [0.25, 0.3) is 0 Å². The second kappa shape index (κ2) is 6.72. The number of aliphatic hydroxyl groups is 2. The van der Waals surface area contributed by atoms with Crippen molar-refractivity contribution in [3.8, 4) is 5.75 Å². The molecule has 0 aliphatic heterocycles. The monoisotopic (exact) mass is 508 g/mol. The van der Waals surface area contributed by atoms with Gasteiger partial charge in [0.05, 0.1) is 13.2 Å². The van der Waals surface area contributed by atoms with Crippen LogP contribution in [0.3, 0.4) is 0 Å². The van der Waals surface area contributed by atoms with Gasteiger partial charge in [-0.1, -0.05) is 0 Å². The van der Waals surface area contributed by atoms with E-state index in [0.29, 0.717) is 17.5 Å². The van der Waals surface area contributed by atoms with E-state index < -0.39 is 6.09 Å². The number of rotatable bonds is 5. The van der Waals surface area contributed by atoms with Gasteiger partial charge in [-0.05, 0) is 24.1 Å². The number of amides is 1. The molecule has 0 atom stereocenters. The molecule has 5 N–H and O–H groups in total. The summed E-state index contributed by atoms with van der Waals surface area (Å²) in [5.41, 5.74) is 1.38. The molecule has 0 saturated carbocycles. The first-order valence-corrected chi connectivity index (χ1v) is 5.10. The normalized spacial score (nSPS) is 9.67. The molecule has 0 radical (unpaired) electrons. The van der Waals surface area contributed by atoms with Crippen LogP contribution in [-0.2, 0) is 19.6 Å². The van der Waals surface area contributed by atoms with Crippen LogP contribution in [0.1, 0.15) is 16.7 Å². The van der Waals surface area contributed by atoms with E-state index >= 15 is 0 Å². The quantitative estimate of drug-likeness (QED) is 0.390. The number of phenols is 1. The maximum absolute atomic E-state index is 10.3. The van der Waals surface area contributed by atoms with Crippen molar-refractivity contribution in [2.24, 2.45) is 0 Å². The summed E-state index contributed by atoms with van der Waals surface area (Å²) in [7, 11) is 0. The Morgan fingerprint density at radius 2 is 1.67 bits per heavy atom. The van der Waals surface area contributed by atoms with Crippen LogP contribution in [0, 0.1) is 0 Å². The molecule has 0 spiro atoms. The second-order valence-corrected chi connectivity index (χ2v) is 3.56. The van der Waals surface area contributed by atoms with Crippen molar-refractivity contribution in [3.63, 3.8) is 0 Å². The minimum atomic E-state index is -1.10. The van der Waals surface area contributed by atoms with Gasteiger partial charge in [-0.2, -0.15) is 0 Å². The van der Waals surface area contributed by atoms with Gasteiger partial charge in [-0.3, -0.25) is 0 Å². The van der Waals surface area contributed by atoms with E-state index in [-0.39, 0.29) is 25.5 Å². The minimum absolute atomic E-state index is 0. The Kier molecular flexibility index (Phi) is 5.68. The summed E-state index contributed by atoms with van der Waals surface area (Å²) in [4.78, 5) is 10.3. The Morgan fingerprint density at radius 1 is 1.17 bits per heavy atom. The summed E-state index contributed by atoms with van der Waals surface area (Å²) >= 11 is 0. The van der Waals surface area contributed by atoms with E-state index in [2.05, 4.69) is 5.32 Å². The number of aromatic hydroxyl groups is 1. The number of hydrogen-bond acceptors (Lipinski definition) is 4. The van der Waals surface area contributed by atoms with Gasteiger partial charge in [0.1, 0.15) is 5.75 Å². The van der Waals surface area contributed by atoms with Crippen LogP contribution in [0.5, 0.6) is 5.75 Å². The molecular formula is C11H15NO5Rf. The van der Waals surface area contributed by atoms with Crippen LogP contribution in [0.4, 0.5) is 4.79 Å². The van der Waals surface area contributed by atoms with Crippen molar-refractivity contribution in [1.29, 1.82) is 0 Å². The standard InChI is InChI=1S/C11H15NO5.Rf/c13-5-8-3-7(1-2-12-11(16)17)4-9(6-14)10(8)15;/h3-4,12-15H,1-2,5-6H2,(H,16,17);. The molecule has 0 heterocycles. The summed E-state index contributed by atoms with van der Waals surface area (Å²) in [5, 5.41) is 38.3. The maximum Gasteiger partial charge on any atom is 0.404 e. The number of aliphatic hydroxyl groups excluding tert-OH is 2. The van der Waals surface area contributed by atoms with Crippen LogP contribution in [0.25, 0.3) is 0 Å². The molecule has 1 aromatic carbocycles. The van der Waals surface area contributed by atoms with Crippen LogP contribution >= 0.6 is 0 Å². The Balaban J connectivity index is 0.00000289. The molecule has 1 aromatic rings. The predicted molar refractivity (Wildman–Crippen MR) is 59.7 cm³/mol. The van der Waals surface area contributed by atoms with Gasteiger partial charge in [0.2, 0.25) is 0 Å². The molecule has 0 saturated heterocycles. The van der Waals surface area contributed by atoms with Crippen LogP contribution in [0.15, 0.2) is 12.1 Å². The Hall–Kier alpha value is -2.79. The van der Waals surface area contributed by atoms with Gasteiger partial charge in [0.15, 0.2) is 0 Å². The van der Waals surface area contributed by atoms with Gasteiger partial charge >= 0.3 is 6.09 Å². The predicted octanol–water partition coefficient (Wildman–Crippen LogP) is 0.187. The van der Waals surface area contributed by atoms with E-state index in [1.54, 1.807) is 12.1 Å². The number of hydrogen-bond donors (Lipinski definition) is 5. The number of benzene rings is 1. The van der Waals surface area contributed by atoms with E-state index in [1.807, 2.05) is 0 Å². The van der Waals surface area contributed by atoms with Crippen LogP contribution in [0.2, 0.25) is 0 Å². The van der Waals surface area contributed by atoms with Crippen molar-refractivity contribution in [2.75, 3.05) is 6.54 Å². The third-order valence-electron chi connectivity index (χ3n) is 2.36. The number of nitrogens with one attached hydrogen (secondary N) is 1. The molecule has 7 heteroatoms. The van der Waals surface area contributed by atoms with Crippen molar-refractivity contribution in [1.82, 2.24) is 5.32 Å². The van der Waals surface area contributed by atoms with Crippen molar-refractivity contribution in [2.45, 2.75) is 19.6 Å². The molecule has 0 aromatic heterocycles. The molecule has 0 bridgehead atoms. The van der Waals surface area contributed by atoms with Crippen LogP contribution in [-0.4, -0.2) is 33.1 Å². The molecule has 1 rings (SSSR count). The zero-order chi connectivity index (χ0) is 12.8. The number of carbonyl (C=O) groups is 1. The third-order valence-corrected chi connectivity index (χ3v) is 2.36. The Bertz CT molecular complexity index is 385. The third kappa shape index (κ3) is 3.66. The van der Waals surface area contributed by atoms with Gasteiger partial charge < -0.3 is 25.7 Å². The second-order valence-electron chi connectivity index (χ2n) is 3.56. The first-order chi connectivity index (χ1) is 8.08. The zero-order valence-corrected chi connectivity index (χ0v) is 16.3. The first kappa shape index (κ1) is 15.2. The minimum Gasteiger partial charge on any atom is -0.507 e. The Labute approximate surface area is 98.1 Å². The molecule has 0 aliphatic rings. The summed E-state index contributed by atoms with van der Waals surface area (Å²) in [6, 6.07) is 3.16. The van der Waals surface area contributed by atoms with Gasteiger partial charge in [-0.15, -0.1) is 0 Å². The smallest absolute Gasteiger partial charge is 0.404 e. The molecule has 18 heavy (non-hydrogen) atoms. The molecule has 6 nitrogen and oxygen atoms in total. The van der Waals surface area contributed by atoms with E-state index in [9.17, 15) is 9.90 Å². The summed E-state index contributed by atoms with van der Waals surface area (Å²) < 4.78 is 0. The fraction of sp³-hybridized carbons (Fsp3) is 0.364. The first-order valence-electron chi connectivity index (χ1n) is 5.10. The van der Waals surface area contributed by atoms with E-state index in [4.69, 9.17) is 15.3 Å². The van der Waals surface area contributed by atoms with Gasteiger partial charge in [-0.25, -0.2) is 4.79 Å². The summed E-state index contributed by atoms with van der Waals surface area (Å²) in [5.74, 6) is -0.120. The number of carboxylic acid groups (broad SMARTS) is 1. The van der Waals surface area contributed by atoms with Gasteiger partial charge in [0, 0.05) is 17.7 Å². The molecule has 0 fully saturated rings. The summed E-state index contributed by atoms with van der Waals surface area (Å²) in [6.45, 7) is -0.437. The van der Waals surface area contributed by atoms with Crippen LogP contribution < -0.4 is 5.32 Å². The zero-order valence-electron chi connectivity index (χ0n) is 9.89. The molecule has 0 aliphatic carbocycles. The largest absolute Gasteiger partial charge is 0.507 e. The fourth-order valence-electron chi connectivity index (χ4n) is 1.53.